The molecule has 0 saturated heterocycles. The summed E-state index contributed by atoms with van der Waals surface area (Å²) < 4.78 is 0. The van der Waals surface area contributed by atoms with Gasteiger partial charge in [0.15, 0.2) is 0 Å². The molecule has 0 amide bonds. The second-order valence-corrected chi connectivity index (χ2v) is 18.4. The van der Waals surface area contributed by atoms with E-state index in [-0.39, 0.29) is 5.41 Å². The molecule has 0 N–H and O–H groups in total. The van der Waals surface area contributed by atoms with Crippen molar-refractivity contribution in [2.45, 2.75) is 53.9 Å². The standard InChI is InChI=1S/C38H44ClP/c1-31(26-27-37-33(3)19-16-29-38(37,4)5)17-15-18-32(2)28-30-40(39,34-20-9-6-10-21-34,35-22-11-7-12-23-35)36-24-13-8-14-25-36/h6-15,17-18,20-28H,16,19,29-30H2,1-5H3/b18-15+,27-26+,31-17+,32-28+. The van der Waals surface area contributed by atoms with Crippen LogP contribution in [0, 0.1) is 5.41 Å². The summed E-state index contributed by atoms with van der Waals surface area (Å²) in [5, 5.41) is 3.57. The summed E-state index contributed by atoms with van der Waals surface area (Å²) in [4.78, 5) is 0. The number of rotatable bonds is 9. The zero-order valence-corrected chi connectivity index (χ0v) is 26.4. The quantitative estimate of drug-likeness (QED) is 0.178. The Hall–Kier alpha value is -2.92. The Labute approximate surface area is 247 Å². The van der Waals surface area contributed by atoms with Crippen molar-refractivity contribution in [3.05, 3.63) is 150 Å². The summed E-state index contributed by atoms with van der Waals surface area (Å²) in [7, 11) is 0. The van der Waals surface area contributed by atoms with Crippen LogP contribution in [0.2, 0.25) is 0 Å². The van der Waals surface area contributed by atoms with E-state index in [0.717, 1.165) is 6.16 Å². The van der Waals surface area contributed by atoms with Crippen LogP contribution in [0.15, 0.2) is 150 Å². The van der Waals surface area contributed by atoms with E-state index in [9.17, 15) is 0 Å². The molecular formula is C38H44ClP. The fourth-order valence-corrected chi connectivity index (χ4v) is 11.8. The molecule has 208 valence electrons. The minimum Gasteiger partial charge on any atom is -0.0487 e. The van der Waals surface area contributed by atoms with Crippen molar-refractivity contribution in [3.63, 3.8) is 0 Å². The second-order valence-electron chi connectivity index (χ2n) is 11.9. The van der Waals surface area contributed by atoms with E-state index < -0.39 is 5.96 Å². The number of halogens is 1. The molecule has 0 aromatic heterocycles. The van der Waals surface area contributed by atoms with Crippen LogP contribution in [0.5, 0.6) is 0 Å². The molecule has 2 heteroatoms. The summed E-state index contributed by atoms with van der Waals surface area (Å²) in [6.45, 7) is 11.4. The average Bonchev–Trinajstić information content (AvgIpc) is 2.97. The normalized spacial score (nSPS) is 17.8. The molecule has 4 rings (SSSR count). The smallest absolute Gasteiger partial charge is 0.0487 e. The molecule has 0 unspecified atom stereocenters. The minimum absolute atomic E-state index is 0.262. The summed E-state index contributed by atoms with van der Waals surface area (Å²) in [6.07, 6.45) is 18.0. The van der Waals surface area contributed by atoms with E-state index >= 15 is 0 Å². The van der Waals surface area contributed by atoms with E-state index in [2.05, 4.69) is 162 Å². The van der Waals surface area contributed by atoms with Crippen molar-refractivity contribution in [1.29, 1.82) is 0 Å². The first kappa shape index (κ1) is 30.0. The summed E-state index contributed by atoms with van der Waals surface area (Å²) in [5.41, 5.74) is 5.76. The molecule has 0 heterocycles. The number of hydrogen-bond acceptors (Lipinski definition) is 0. The van der Waals surface area contributed by atoms with Crippen LogP contribution in [0.3, 0.4) is 0 Å². The van der Waals surface area contributed by atoms with Gasteiger partial charge in [-0.05, 0) is 6.42 Å². The number of hydrogen-bond donors (Lipinski definition) is 0. The Morgan fingerprint density at radius 1 is 0.775 bits per heavy atom. The van der Waals surface area contributed by atoms with E-state index in [1.54, 1.807) is 0 Å². The summed E-state index contributed by atoms with van der Waals surface area (Å²) in [6, 6.07) is 32.0. The van der Waals surface area contributed by atoms with Crippen LogP contribution >= 0.6 is 17.2 Å². The molecule has 1 aliphatic carbocycles. The van der Waals surface area contributed by atoms with Crippen molar-refractivity contribution < 1.29 is 0 Å². The fourth-order valence-electron chi connectivity index (χ4n) is 6.00. The molecule has 0 nitrogen and oxygen atoms in total. The molecular weight excluding hydrogens is 523 g/mol. The maximum atomic E-state index is 8.19. The Morgan fingerprint density at radius 2 is 1.27 bits per heavy atom. The first-order valence-corrected chi connectivity index (χ1v) is 17.8. The van der Waals surface area contributed by atoms with Gasteiger partial charge in [-0.25, -0.2) is 0 Å². The van der Waals surface area contributed by atoms with E-state index in [0.29, 0.717) is 0 Å². The van der Waals surface area contributed by atoms with E-state index in [1.165, 1.54) is 57.5 Å². The van der Waals surface area contributed by atoms with Gasteiger partial charge in [-0.15, -0.1) is 0 Å². The predicted octanol–water partition coefficient (Wildman–Crippen LogP) is 10.2. The van der Waals surface area contributed by atoms with Gasteiger partial charge in [0.05, 0.1) is 0 Å². The molecule has 40 heavy (non-hydrogen) atoms. The van der Waals surface area contributed by atoms with E-state index in [1.807, 2.05) is 0 Å². The van der Waals surface area contributed by atoms with E-state index in [4.69, 9.17) is 11.2 Å². The molecule has 0 radical (unpaired) electrons. The van der Waals surface area contributed by atoms with Crippen LogP contribution < -0.4 is 15.9 Å². The Balaban J connectivity index is 1.66. The summed E-state index contributed by atoms with van der Waals surface area (Å²) >= 11 is 8.19. The first-order valence-electron chi connectivity index (χ1n) is 14.4. The molecule has 1 aliphatic rings. The third kappa shape index (κ3) is 6.35. The zero-order chi connectivity index (χ0) is 28.7. The molecule has 0 aliphatic heterocycles. The van der Waals surface area contributed by atoms with Crippen LogP contribution in [0.1, 0.15) is 53.9 Å². The van der Waals surface area contributed by atoms with Gasteiger partial charge in [-0.2, -0.15) is 0 Å². The molecule has 0 fully saturated rings. The third-order valence-electron chi connectivity index (χ3n) is 8.41. The Morgan fingerprint density at radius 3 is 1.75 bits per heavy atom. The fraction of sp³-hybridized carbons (Fsp3) is 0.263. The third-order valence-corrected chi connectivity index (χ3v) is 15.6. The van der Waals surface area contributed by atoms with Gasteiger partial charge in [0, 0.05) is 0 Å². The number of allylic oxidation sites excluding steroid dienone is 10. The van der Waals surface area contributed by atoms with Crippen LogP contribution in [0.4, 0.5) is 0 Å². The maximum absolute atomic E-state index is 8.19. The van der Waals surface area contributed by atoms with Crippen molar-refractivity contribution in [1.82, 2.24) is 0 Å². The first-order chi connectivity index (χ1) is 19.1. The van der Waals surface area contributed by atoms with Crippen molar-refractivity contribution >= 4 is 33.1 Å². The molecule has 0 saturated carbocycles. The van der Waals surface area contributed by atoms with Crippen LogP contribution in [-0.4, -0.2) is 6.16 Å². The van der Waals surface area contributed by atoms with Gasteiger partial charge in [0.1, 0.15) is 0 Å². The molecule has 0 bridgehead atoms. The van der Waals surface area contributed by atoms with Gasteiger partial charge in [0.2, 0.25) is 0 Å². The average molecular weight is 567 g/mol. The molecule has 0 atom stereocenters. The van der Waals surface area contributed by atoms with Gasteiger partial charge in [-0.1, -0.05) is 0 Å². The van der Waals surface area contributed by atoms with Gasteiger partial charge >= 0.3 is 242 Å². The Kier molecular flexibility index (Phi) is 9.56. The van der Waals surface area contributed by atoms with Gasteiger partial charge in [-0.3, -0.25) is 0 Å². The molecule has 3 aromatic rings. The Bertz CT molecular complexity index is 1340. The number of benzene rings is 3. The van der Waals surface area contributed by atoms with Crippen LogP contribution in [-0.2, 0) is 0 Å². The summed E-state index contributed by atoms with van der Waals surface area (Å²) in [5.74, 6) is -3.29. The minimum atomic E-state index is -3.29. The van der Waals surface area contributed by atoms with Crippen molar-refractivity contribution in [2.24, 2.45) is 5.41 Å². The van der Waals surface area contributed by atoms with Crippen molar-refractivity contribution in [3.8, 4) is 0 Å². The monoisotopic (exact) mass is 566 g/mol. The second kappa shape index (κ2) is 12.7. The van der Waals surface area contributed by atoms with Crippen LogP contribution in [0.25, 0.3) is 0 Å². The predicted molar refractivity (Wildman–Crippen MR) is 182 cm³/mol. The topological polar surface area (TPSA) is 0 Å². The SMILES string of the molecule is CC1=C(/C=C/C(C)=C/C=C/C(C)=C/CP(Cl)(c2ccccc2)(c2ccccc2)c2ccccc2)C(C)(C)CCC1. The molecule has 3 aromatic carbocycles. The zero-order valence-electron chi connectivity index (χ0n) is 24.8. The van der Waals surface area contributed by atoms with Gasteiger partial charge in [0.25, 0.3) is 0 Å². The van der Waals surface area contributed by atoms with Crippen molar-refractivity contribution in [2.75, 3.05) is 6.16 Å². The molecule has 0 spiro atoms. The van der Waals surface area contributed by atoms with Gasteiger partial charge < -0.3 is 0 Å².